The first-order chi connectivity index (χ1) is 14.6. The van der Waals surface area contributed by atoms with Crippen molar-refractivity contribution in [3.05, 3.63) is 47.9 Å². The Bertz CT molecular complexity index is 978. The number of nitrogens with zero attached hydrogens (tertiary/aromatic N) is 5. The first-order valence-electron chi connectivity index (χ1n) is 10.3. The third-order valence-electron chi connectivity index (χ3n) is 4.72. The van der Waals surface area contributed by atoms with Crippen molar-refractivity contribution in [1.82, 2.24) is 19.9 Å². The minimum atomic E-state index is -1.16. The van der Waals surface area contributed by atoms with E-state index in [2.05, 4.69) is 38.7 Å². The van der Waals surface area contributed by atoms with Gasteiger partial charge in [-0.05, 0) is 37.0 Å². The summed E-state index contributed by atoms with van der Waals surface area (Å²) in [6.07, 6.45) is 7.43. The number of carboxylic acid groups (broad SMARTS) is 1. The molecule has 0 atom stereocenters. The van der Waals surface area contributed by atoms with Crippen LogP contribution in [0.25, 0.3) is 11.0 Å². The third-order valence-corrected chi connectivity index (χ3v) is 4.72. The molecule has 1 aromatic carbocycles. The number of carboxylic acids is 1. The molecule has 0 saturated carbocycles. The van der Waals surface area contributed by atoms with Gasteiger partial charge in [-0.3, -0.25) is 0 Å². The first kappa shape index (κ1) is 21.4. The highest BCUT2D eigenvalue weighted by molar-refractivity contribution is 5.90. The van der Waals surface area contributed by atoms with Crippen molar-refractivity contribution in [3.63, 3.8) is 0 Å². The standard InChI is InChI=1S/C22H27N5O3/c1-3-5-11-27(22-23-14-16(4-2)15-24-22)12-8-13-30-20-19(21(28)29)25-17-9-6-7-10-18(17)26-20/h6-7,9-10,14-15H,3-5,8,11-13H2,1-2H3,(H,28,29). The van der Waals surface area contributed by atoms with Crippen LogP contribution in [-0.2, 0) is 6.42 Å². The summed E-state index contributed by atoms with van der Waals surface area (Å²) in [5.74, 6) is -0.403. The van der Waals surface area contributed by atoms with Crippen molar-refractivity contribution < 1.29 is 14.6 Å². The number of hydrogen-bond donors (Lipinski definition) is 1. The fourth-order valence-corrected chi connectivity index (χ4v) is 3.00. The number of fused-ring (bicyclic) bond motifs is 1. The van der Waals surface area contributed by atoms with E-state index < -0.39 is 5.97 Å². The number of aromatic carboxylic acids is 1. The fourth-order valence-electron chi connectivity index (χ4n) is 3.00. The lowest BCUT2D eigenvalue weighted by Gasteiger charge is -2.22. The van der Waals surface area contributed by atoms with Crippen LogP contribution in [-0.4, -0.2) is 50.7 Å². The molecule has 3 rings (SSSR count). The van der Waals surface area contributed by atoms with Crippen LogP contribution in [0.1, 0.15) is 49.2 Å². The number of anilines is 1. The van der Waals surface area contributed by atoms with Gasteiger partial charge in [-0.2, -0.15) is 0 Å². The van der Waals surface area contributed by atoms with Crippen LogP contribution in [0.3, 0.4) is 0 Å². The monoisotopic (exact) mass is 409 g/mol. The lowest BCUT2D eigenvalue weighted by Crippen LogP contribution is -2.28. The minimum Gasteiger partial charge on any atom is -0.476 e. The Labute approximate surface area is 176 Å². The molecule has 0 spiro atoms. The van der Waals surface area contributed by atoms with E-state index >= 15 is 0 Å². The molecule has 30 heavy (non-hydrogen) atoms. The number of aryl methyl sites for hydroxylation is 1. The summed E-state index contributed by atoms with van der Waals surface area (Å²) < 4.78 is 5.71. The third kappa shape index (κ3) is 5.40. The highest BCUT2D eigenvalue weighted by Crippen LogP contribution is 2.19. The second-order valence-electron chi connectivity index (χ2n) is 6.96. The molecule has 0 bridgehead atoms. The maximum absolute atomic E-state index is 11.6. The predicted molar refractivity (Wildman–Crippen MR) is 115 cm³/mol. The zero-order valence-electron chi connectivity index (χ0n) is 17.4. The van der Waals surface area contributed by atoms with Crippen molar-refractivity contribution in [2.24, 2.45) is 0 Å². The van der Waals surface area contributed by atoms with Crippen LogP contribution < -0.4 is 9.64 Å². The van der Waals surface area contributed by atoms with Gasteiger partial charge >= 0.3 is 5.97 Å². The Kier molecular flexibility index (Phi) is 7.48. The summed E-state index contributed by atoms with van der Waals surface area (Å²) in [7, 11) is 0. The minimum absolute atomic E-state index is 0.0462. The van der Waals surface area contributed by atoms with Gasteiger partial charge in [0.2, 0.25) is 17.5 Å². The summed E-state index contributed by atoms with van der Waals surface area (Å²) in [4.78, 5) is 31.2. The summed E-state index contributed by atoms with van der Waals surface area (Å²) in [5.41, 5.74) is 2.07. The summed E-state index contributed by atoms with van der Waals surface area (Å²) in [6.45, 7) is 6.11. The number of benzene rings is 1. The molecule has 0 amide bonds. The molecule has 8 heteroatoms. The van der Waals surface area contributed by atoms with Crippen molar-refractivity contribution >= 4 is 23.0 Å². The van der Waals surface area contributed by atoms with Crippen LogP contribution in [0.15, 0.2) is 36.7 Å². The van der Waals surface area contributed by atoms with Crippen LogP contribution in [0, 0.1) is 0 Å². The van der Waals surface area contributed by atoms with Gasteiger partial charge < -0.3 is 14.7 Å². The van der Waals surface area contributed by atoms with Crippen molar-refractivity contribution in [2.45, 2.75) is 39.5 Å². The molecular formula is C22H27N5O3. The Morgan fingerprint density at radius 1 is 1.03 bits per heavy atom. The molecule has 2 heterocycles. The number of hydrogen-bond acceptors (Lipinski definition) is 7. The SMILES string of the molecule is CCCCN(CCCOc1nc2ccccc2nc1C(=O)O)c1ncc(CC)cn1. The van der Waals surface area contributed by atoms with E-state index in [4.69, 9.17) is 4.74 Å². The zero-order chi connectivity index (χ0) is 21.3. The highest BCUT2D eigenvalue weighted by Gasteiger charge is 2.17. The van der Waals surface area contributed by atoms with Gasteiger partial charge in [0.1, 0.15) is 0 Å². The number of para-hydroxylation sites is 2. The Morgan fingerprint density at radius 3 is 2.33 bits per heavy atom. The molecule has 0 saturated heterocycles. The molecule has 3 aromatic rings. The molecular weight excluding hydrogens is 382 g/mol. The van der Waals surface area contributed by atoms with Crippen molar-refractivity contribution in [1.29, 1.82) is 0 Å². The normalized spacial score (nSPS) is 10.9. The number of rotatable bonds is 11. The van der Waals surface area contributed by atoms with Gasteiger partial charge in [0, 0.05) is 25.5 Å². The summed E-state index contributed by atoms with van der Waals surface area (Å²) >= 11 is 0. The second kappa shape index (κ2) is 10.5. The molecule has 158 valence electrons. The number of ether oxygens (including phenoxy) is 1. The average Bonchev–Trinajstić information content (AvgIpc) is 2.78. The summed E-state index contributed by atoms with van der Waals surface area (Å²) in [5, 5.41) is 9.45. The van der Waals surface area contributed by atoms with Crippen molar-refractivity contribution in [3.8, 4) is 5.88 Å². The molecule has 2 aromatic heterocycles. The molecule has 0 unspecified atom stereocenters. The maximum Gasteiger partial charge on any atom is 0.360 e. The van der Waals surface area contributed by atoms with E-state index in [1.54, 1.807) is 18.2 Å². The predicted octanol–water partition coefficient (Wildman–Crippen LogP) is 3.76. The molecule has 0 aliphatic rings. The smallest absolute Gasteiger partial charge is 0.360 e. The van der Waals surface area contributed by atoms with Gasteiger partial charge in [-0.15, -0.1) is 0 Å². The van der Waals surface area contributed by atoms with Crippen LogP contribution in [0.2, 0.25) is 0 Å². The summed E-state index contributed by atoms with van der Waals surface area (Å²) in [6, 6.07) is 7.14. The zero-order valence-corrected chi connectivity index (χ0v) is 17.4. The van der Waals surface area contributed by atoms with E-state index in [0.29, 0.717) is 36.6 Å². The molecule has 0 radical (unpaired) electrons. The van der Waals surface area contributed by atoms with Gasteiger partial charge in [-0.25, -0.2) is 24.7 Å². The molecule has 0 aliphatic carbocycles. The van der Waals surface area contributed by atoms with E-state index in [1.807, 2.05) is 18.5 Å². The topological polar surface area (TPSA) is 101 Å². The van der Waals surface area contributed by atoms with Crippen molar-refractivity contribution in [2.75, 3.05) is 24.6 Å². The van der Waals surface area contributed by atoms with Gasteiger partial charge in [0.05, 0.1) is 17.6 Å². The largest absolute Gasteiger partial charge is 0.476 e. The van der Waals surface area contributed by atoms with Gasteiger partial charge in [0.15, 0.2) is 0 Å². The number of carbonyl (C=O) groups is 1. The lowest BCUT2D eigenvalue weighted by atomic mass is 10.3. The number of unbranched alkanes of at least 4 members (excludes halogenated alkanes) is 1. The van der Waals surface area contributed by atoms with Crippen LogP contribution in [0.4, 0.5) is 5.95 Å². The average molecular weight is 409 g/mol. The Morgan fingerprint density at radius 2 is 1.70 bits per heavy atom. The Balaban J connectivity index is 1.65. The first-order valence-corrected chi connectivity index (χ1v) is 10.3. The molecule has 0 fully saturated rings. The van der Waals surface area contributed by atoms with E-state index in [0.717, 1.165) is 31.4 Å². The highest BCUT2D eigenvalue weighted by atomic mass is 16.5. The van der Waals surface area contributed by atoms with E-state index in [9.17, 15) is 9.90 Å². The Hall–Kier alpha value is -3.29. The molecule has 8 nitrogen and oxygen atoms in total. The van der Waals surface area contributed by atoms with E-state index in [1.165, 1.54) is 0 Å². The maximum atomic E-state index is 11.6. The lowest BCUT2D eigenvalue weighted by molar-refractivity contribution is 0.0684. The van der Waals surface area contributed by atoms with Crippen LogP contribution >= 0.6 is 0 Å². The quantitative estimate of drug-likeness (QED) is 0.478. The second-order valence-corrected chi connectivity index (χ2v) is 6.96. The van der Waals surface area contributed by atoms with Gasteiger partial charge in [-0.1, -0.05) is 32.4 Å². The van der Waals surface area contributed by atoms with Crippen LogP contribution in [0.5, 0.6) is 5.88 Å². The molecule has 1 N–H and O–H groups in total. The molecule has 0 aliphatic heterocycles. The van der Waals surface area contributed by atoms with E-state index in [-0.39, 0.29) is 11.6 Å². The van der Waals surface area contributed by atoms with Gasteiger partial charge in [0.25, 0.3) is 0 Å². The fraction of sp³-hybridized carbons (Fsp3) is 0.409. The number of aromatic nitrogens is 4.